The van der Waals surface area contributed by atoms with Crippen LogP contribution in [0.15, 0.2) is 35.1 Å². The molecule has 0 aliphatic carbocycles. The van der Waals surface area contributed by atoms with Crippen LogP contribution in [0.5, 0.6) is 17.2 Å². The predicted molar refractivity (Wildman–Crippen MR) is 117 cm³/mol. The Balaban J connectivity index is 1.81. The second-order valence-electron chi connectivity index (χ2n) is 6.77. The van der Waals surface area contributed by atoms with Crippen LogP contribution in [0.2, 0.25) is 0 Å². The van der Waals surface area contributed by atoms with Gasteiger partial charge >= 0.3 is 0 Å². The van der Waals surface area contributed by atoms with Crippen LogP contribution in [0, 0.1) is 6.92 Å². The Hall–Kier alpha value is -4.08. The number of nitrogens with zero attached hydrogens (tertiary/aromatic N) is 2. The summed E-state index contributed by atoms with van der Waals surface area (Å²) in [6.45, 7) is 3.97. The van der Waals surface area contributed by atoms with Crippen molar-refractivity contribution in [3.63, 3.8) is 0 Å². The van der Waals surface area contributed by atoms with E-state index in [1.807, 2.05) is 6.92 Å². The van der Waals surface area contributed by atoms with Gasteiger partial charge < -0.3 is 18.8 Å². The Kier molecular flexibility index (Phi) is 6.62. The highest BCUT2D eigenvalue weighted by Gasteiger charge is 2.18. The second-order valence-corrected chi connectivity index (χ2v) is 6.77. The van der Waals surface area contributed by atoms with Gasteiger partial charge in [-0.2, -0.15) is 0 Å². The number of carbonyl (C=O) groups is 2. The number of methoxy groups -OCH3 is 3. The SMILES string of the molecule is CCn1c(=O)c(C)nc2cc(C(=O)NNC(=O)c3cc(OC)c(OC)c(OC)c3)ccc21. The molecule has 0 radical (unpaired) electrons. The maximum absolute atomic E-state index is 12.6. The maximum Gasteiger partial charge on any atom is 0.272 e. The molecule has 0 saturated heterocycles. The summed E-state index contributed by atoms with van der Waals surface area (Å²) in [4.78, 5) is 41.7. The molecule has 0 saturated carbocycles. The van der Waals surface area contributed by atoms with E-state index in [9.17, 15) is 14.4 Å². The van der Waals surface area contributed by atoms with Crippen molar-refractivity contribution < 1.29 is 23.8 Å². The third-order valence-electron chi connectivity index (χ3n) is 4.90. The average Bonchev–Trinajstić information content (AvgIpc) is 2.81. The fraction of sp³-hybridized carbons (Fsp3) is 0.273. The lowest BCUT2D eigenvalue weighted by atomic mass is 10.1. The molecule has 10 nitrogen and oxygen atoms in total. The number of amides is 2. The first-order valence-corrected chi connectivity index (χ1v) is 9.76. The molecule has 2 amide bonds. The van der Waals surface area contributed by atoms with Gasteiger partial charge in [0, 0.05) is 17.7 Å². The quantitative estimate of drug-likeness (QED) is 0.561. The largest absolute Gasteiger partial charge is 0.493 e. The summed E-state index contributed by atoms with van der Waals surface area (Å²) >= 11 is 0. The molecule has 32 heavy (non-hydrogen) atoms. The van der Waals surface area contributed by atoms with Crippen molar-refractivity contribution in [2.75, 3.05) is 21.3 Å². The number of ether oxygens (including phenoxy) is 3. The number of fused-ring (bicyclic) bond motifs is 1. The first-order valence-electron chi connectivity index (χ1n) is 9.76. The van der Waals surface area contributed by atoms with E-state index in [1.54, 1.807) is 29.7 Å². The zero-order valence-corrected chi connectivity index (χ0v) is 18.4. The van der Waals surface area contributed by atoms with Gasteiger partial charge in [0.1, 0.15) is 5.69 Å². The van der Waals surface area contributed by atoms with E-state index in [0.717, 1.165) is 0 Å². The number of carbonyl (C=O) groups excluding carboxylic acids is 2. The van der Waals surface area contributed by atoms with Gasteiger partial charge in [0.25, 0.3) is 17.4 Å². The molecule has 168 valence electrons. The molecule has 0 fully saturated rings. The lowest BCUT2D eigenvalue weighted by molar-refractivity contribution is 0.0846. The van der Waals surface area contributed by atoms with Crippen molar-refractivity contribution in [2.24, 2.45) is 0 Å². The summed E-state index contributed by atoms with van der Waals surface area (Å²) in [5.74, 6) is -0.156. The second kappa shape index (κ2) is 9.38. The number of aryl methyl sites for hydroxylation is 2. The lowest BCUT2D eigenvalue weighted by Gasteiger charge is -2.14. The fourth-order valence-electron chi connectivity index (χ4n) is 3.30. The van der Waals surface area contributed by atoms with Crippen LogP contribution >= 0.6 is 0 Å². The summed E-state index contributed by atoms with van der Waals surface area (Å²) in [6, 6.07) is 7.72. The standard InChI is InChI=1S/C22H24N4O6/c1-6-26-16-8-7-13(9-15(16)23-12(2)22(26)29)20(27)24-25-21(28)14-10-17(30-3)19(32-5)18(11-14)31-4/h7-11H,6H2,1-5H3,(H,24,27)(H,25,28). The fourth-order valence-corrected chi connectivity index (χ4v) is 3.30. The molecule has 1 aromatic heterocycles. The summed E-state index contributed by atoms with van der Waals surface area (Å²) in [6.07, 6.45) is 0. The van der Waals surface area contributed by atoms with E-state index in [2.05, 4.69) is 15.8 Å². The molecule has 3 aromatic rings. The zero-order valence-electron chi connectivity index (χ0n) is 18.4. The Morgan fingerprint density at radius 3 is 2.06 bits per heavy atom. The third kappa shape index (κ3) is 4.20. The van der Waals surface area contributed by atoms with Crippen molar-refractivity contribution in [3.05, 3.63) is 57.5 Å². The molecule has 0 bridgehead atoms. The number of nitrogens with one attached hydrogen (secondary N) is 2. The van der Waals surface area contributed by atoms with Crippen LogP contribution in [0.25, 0.3) is 11.0 Å². The predicted octanol–water partition coefficient (Wildman–Crippen LogP) is 1.83. The molecular weight excluding hydrogens is 416 g/mol. The molecule has 1 heterocycles. The maximum atomic E-state index is 12.6. The summed E-state index contributed by atoms with van der Waals surface area (Å²) < 4.78 is 17.3. The monoisotopic (exact) mass is 440 g/mol. The van der Waals surface area contributed by atoms with Crippen molar-refractivity contribution >= 4 is 22.8 Å². The molecule has 0 spiro atoms. The van der Waals surface area contributed by atoms with Crippen LogP contribution in [-0.4, -0.2) is 42.7 Å². The Morgan fingerprint density at radius 1 is 0.938 bits per heavy atom. The highest BCUT2D eigenvalue weighted by molar-refractivity contribution is 6.01. The summed E-state index contributed by atoms with van der Waals surface area (Å²) in [7, 11) is 4.34. The van der Waals surface area contributed by atoms with Gasteiger partial charge in [-0.15, -0.1) is 0 Å². The number of hydrogen-bond donors (Lipinski definition) is 2. The van der Waals surface area contributed by atoms with Gasteiger partial charge in [-0.1, -0.05) is 0 Å². The highest BCUT2D eigenvalue weighted by atomic mass is 16.5. The van der Waals surface area contributed by atoms with Crippen molar-refractivity contribution in [3.8, 4) is 17.2 Å². The minimum absolute atomic E-state index is 0.171. The number of aromatic nitrogens is 2. The van der Waals surface area contributed by atoms with Crippen molar-refractivity contribution in [2.45, 2.75) is 20.4 Å². The molecule has 0 atom stereocenters. The molecule has 2 N–H and O–H groups in total. The minimum Gasteiger partial charge on any atom is -0.493 e. The van der Waals surface area contributed by atoms with Crippen molar-refractivity contribution in [1.29, 1.82) is 0 Å². The van der Waals surface area contributed by atoms with E-state index in [0.29, 0.717) is 40.5 Å². The molecule has 0 aliphatic heterocycles. The zero-order chi connectivity index (χ0) is 23.4. The number of hydrazine groups is 1. The lowest BCUT2D eigenvalue weighted by Crippen LogP contribution is -2.41. The molecule has 2 aromatic carbocycles. The van der Waals surface area contributed by atoms with E-state index >= 15 is 0 Å². The van der Waals surface area contributed by atoms with E-state index in [-0.39, 0.29) is 16.7 Å². The van der Waals surface area contributed by atoms with Gasteiger partial charge in [-0.05, 0) is 44.2 Å². The minimum atomic E-state index is -0.577. The number of rotatable bonds is 6. The van der Waals surface area contributed by atoms with Crippen LogP contribution < -0.4 is 30.6 Å². The van der Waals surface area contributed by atoms with Gasteiger partial charge in [0.15, 0.2) is 11.5 Å². The number of benzene rings is 2. The van der Waals surface area contributed by atoms with Crippen molar-refractivity contribution in [1.82, 2.24) is 20.4 Å². The van der Waals surface area contributed by atoms with E-state index in [4.69, 9.17) is 14.2 Å². The summed E-state index contributed by atoms with van der Waals surface area (Å²) in [5, 5.41) is 0. The summed E-state index contributed by atoms with van der Waals surface area (Å²) in [5.41, 5.74) is 6.51. The van der Waals surface area contributed by atoms with E-state index < -0.39 is 11.8 Å². The van der Waals surface area contributed by atoms with Crippen LogP contribution in [0.3, 0.4) is 0 Å². The Bertz CT molecular complexity index is 1230. The van der Waals surface area contributed by atoms with Gasteiger partial charge in [-0.3, -0.25) is 25.2 Å². The molecule has 0 aliphatic rings. The number of hydrogen-bond acceptors (Lipinski definition) is 7. The molecule has 0 unspecified atom stereocenters. The molecule has 10 heteroatoms. The van der Waals surface area contributed by atoms with E-state index in [1.165, 1.54) is 33.5 Å². The Labute approximate surface area is 184 Å². The van der Waals surface area contributed by atoms with Crippen LogP contribution in [0.1, 0.15) is 33.3 Å². The first kappa shape index (κ1) is 22.6. The molecule has 3 rings (SSSR count). The van der Waals surface area contributed by atoms with Crippen LogP contribution in [-0.2, 0) is 6.54 Å². The van der Waals surface area contributed by atoms with Crippen LogP contribution in [0.4, 0.5) is 0 Å². The topological polar surface area (TPSA) is 121 Å². The average molecular weight is 440 g/mol. The third-order valence-corrected chi connectivity index (χ3v) is 4.90. The molecular formula is C22H24N4O6. The normalized spacial score (nSPS) is 10.5. The van der Waals surface area contributed by atoms with Gasteiger partial charge in [0.2, 0.25) is 5.75 Å². The van der Waals surface area contributed by atoms with Gasteiger partial charge in [0.05, 0.1) is 32.4 Å². The first-order chi connectivity index (χ1) is 15.3. The van der Waals surface area contributed by atoms with Gasteiger partial charge in [-0.25, -0.2) is 4.98 Å². The highest BCUT2D eigenvalue weighted by Crippen LogP contribution is 2.38. The Morgan fingerprint density at radius 2 is 1.53 bits per heavy atom. The smallest absolute Gasteiger partial charge is 0.272 e.